The first-order chi connectivity index (χ1) is 9.65. The van der Waals surface area contributed by atoms with Crippen molar-refractivity contribution in [3.05, 3.63) is 53.1 Å². The van der Waals surface area contributed by atoms with Gasteiger partial charge >= 0.3 is 0 Å². The van der Waals surface area contributed by atoms with Gasteiger partial charge in [-0.15, -0.1) is 0 Å². The van der Waals surface area contributed by atoms with Crippen molar-refractivity contribution >= 4 is 23.2 Å². The zero-order chi connectivity index (χ0) is 14.1. The highest BCUT2D eigenvalue weighted by Gasteiger charge is 2.27. The fourth-order valence-corrected chi connectivity index (χ4v) is 2.65. The molecule has 102 valence electrons. The van der Waals surface area contributed by atoms with Gasteiger partial charge in [-0.25, -0.2) is 9.97 Å². The molecule has 1 amide bonds. The van der Waals surface area contributed by atoms with E-state index in [1.807, 2.05) is 18.2 Å². The topological polar surface area (TPSA) is 46.1 Å². The highest BCUT2D eigenvalue weighted by atomic mass is 35.5. The minimum atomic E-state index is -0.131. The first-order valence-corrected chi connectivity index (χ1v) is 6.90. The van der Waals surface area contributed by atoms with Crippen LogP contribution in [0.1, 0.15) is 23.0 Å². The highest BCUT2D eigenvalue weighted by molar-refractivity contribution is 6.29. The molecule has 1 aliphatic rings. The van der Waals surface area contributed by atoms with E-state index < -0.39 is 0 Å². The molecule has 1 aliphatic heterocycles. The second-order valence-corrected chi connectivity index (χ2v) is 5.47. The number of amides is 1. The van der Waals surface area contributed by atoms with Crippen molar-refractivity contribution in [2.45, 2.75) is 13.3 Å². The molecule has 1 atom stereocenters. The lowest BCUT2D eigenvalue weighted by Gasteiger charge is -2.32. The predicted molar refractivity (Wildman–Crippen MR) is 78.0 cm³/mol. The monoisotopic (exact) mass is 287 g/mol. The summed E-state index contributed by atoms with van der Waals surface area (Å²) in [7, 11) is 0. The van der Waals surface area contributed by atoms with Crippen molar-refractivity contribution in [1.82, 2.24) is 9.97 Å². The van der Waals surface area contributed by atoms with Gasteiger partial charge in [-0.05, 0) is 24.0 Å². The number of aromatic nitrogens is 2. The summed E-state index contributed by atoms with van der Waals surface area (Å²) in [6, 6.07) is 7.99. The van der Waals surface area contributed by atoms with Crippen LogP contribution < -0.4 is 4.90 Å². The average molecular weight is 288 g/mol. The first-order valence-electron chi connectivity index (χ1n) is 6.52. The number of anilines is 1. The van der Waals surface area contributed by atoms with Crippen molar-refractivity contribution in [2.75, 3.05) is 11.4 Å². The van der Waals surface area contributed by atoms with Crippen LogP contribution in [0.5, 0.6) is 0 Å². The standard InChI is InChI=1S/C15H14ClN3O/c1-10-6-11-4-2-3-5-13(11)19(9-10)15(20)12-7-18-14(16)8-17-12/h2-5,7-8,10H,6,9H2,1H3. The lowest BCUT2D eigenvalue weighted by molar-refractivity contribution is 0.0976. The zero-order valence-electron chi connectivity index (χ0n) is 11.1. The Kier molecular flexibility index (Phi) is 3.40. The van der Waals surface area contributed by atoms with Gasteiger partial charge in [0.25, 0.3) is 5.91 Å². The van der Waals surface area contributed by atoms with Crippen LogP contribution >= 0.6 is 11.6 Å². The maximum atomic E-state index is 12.6. The summed E-state index contributed by atoms with van der Waals surface area (Å²) >= 11 is 5.71. The van der Waals surface area contributed by atoms with Crippen LogP contribution in [0.15, 0.2) is 36.7 Å². The normalized spacial score (nSPS) is 17.7. The van der Waals surface area contributed by atoms with E-state index in [4.69, 9.17) is 11.6 Å². The Hall–Kier alpha value is -1.94. The summed E-state index contributed by atoms with van der Waals surface area (Å²) in [5, 5.41) is 0.286. The van der Waals surface area contributed by atoms with Crippen LogP contribution in [-0.2, 0) is 6.42 Å². The minimum Gasteiger partial charge on any atom is -0.306 e. The number of halogens is 1. The van der Waals surface area contributed by atoms with Gasteiger partial charge < -0.3 is 4.90 Å². The third-order valence-electron chi connectivity index (χ3n) is 3.43. The summed E-state index contributed by atoms with van der Waals surface area (Å²) in [4.78, 5) is 22.4. The summed E-state index contributed by atoms with van der Waals surface area (Å²) in [5.41, 5.74) is 2.48. The van der Waals surface area contributed by atoms with E-state index in [9.17, 15) is 4.79 Å². The SMILES string of the molecule is CC1Cc2ccccc2N(C(=O)c2cnc(Cl)cn2)C1. The molecule has 2 heterocycles. The van der Waals surface area contributed by atoms with Gasteiger partial charge in [0.1, 0.15) is 10.8 Å². The van der Waals surface area contributed by atoms with Gasteiger partial charge in [0.2, 0.25) is 0 Å². The lowest BCUT2D eigenvalue weighted by Crippen LogP contribution is -2.39. The molecule has 0 N–H and O–H groups in total. The van der Waals surface area contributed by atoms with Gasteiger partial charge in [-0.1, -0.05) is 36.7 Å². The van der Waals surface area contributed by atoms with Crippen LogP contribution in [0.25, 0.3) is 0 Å². The molecule has 0 spiro atoms. The van der Waals surface area contributed by atoms with Gasteiger partial charge in [0.05, 0.1) is 12.4 Å². The van der Waals surface area contributed by atoms with E-state index in [0.717, 1.165) is 12.1 Å². The Morgan fingerprint density at radius 1 is 1.30 bits per heavy atom. The van der Waals surface area contributed by atoms with Crippen LogP contribution in [0.2, 0.25) is 5.15 Å². The highest BCUT2D eigenvalue weighted by Crippen LogP contribution is 2.30. The number of fused-ring (bicyclic) bond motifs is 1. The Labute approximate surface area is 122 Å². The van der Waals surface area contributed by atoms with Gasteiger partial charge in [-0.2, -0.15) is 0 Å². The second-order valence-electron chi connectivity index (χ2n) is 5.08. The molecule has 0 saturated carbocycles. The number of benzene rings is 1. The fraction of sp³-hybridized carbons (Fsp3) is 0.267. The predicted octanol–water partition coefficient (Wildman–Crippen LogP) is 2.97. The maximum Gasteiger partial charge on any atom is 0.278 e. The number of rotatable bonds is 1. The third-order valence-corrected chi connectivity index (χ3v) is 3.62. The van der Waals surface area contributed by atoms with Crippen LogP contribution in [-0.4, -0.2) is 22.4 Å². The molecule has 1 aromatic carbocycles. The zero-order valence-corrected chi connectivity index (χ0v) is 11.8. The number of carbonyl (C=O) groups excluding carboxylic acids is 1. The molecular weight excluding hydrogens is 274 g/mol. The van der Waals surface area contributed by atoms with E-state index in [-0.39, 0.29) is 11.1 Å². The van der Waals surface area contributed by atoms with Crippen LogP contribution in [0, 0.1) is 5.92 Å². The van der Waals surface area contributed by atoms with Crippen molar-refractivity contribution in [3.8, 4) is 0 Å². The molecule has 3 rings (SSSR count). The summed E-state index contributed by atoms with van der Waals surface area (Å²) in [6.45, 7) is 2.84. The Balaban J connectivity index is 1.97. The maximum absolute atomic E-state index is 12.6. The lowest BCUT2D eigenvalue weighted by atomic mass is 9.94. The van der Waals surface area contributed by atoms with E-state index in [1.165, 1.54) is 18.0 Å². The Morgan fingerprint density at radius 3 is 2.85 bits per heavy atom. The molecule has 4 nitrogen and oxygen atoms in total. The summed E-state index contributed by atoms with van der Waals surface area (Å²) < 4.78 is 0. The smallest absolute Gasteiger partial charge is 0.278 e. The molecule has 0 aliphatic carbocycles. The molecule has 0 bridgehead atoms. The first kappa shape index (κ1) is 13.1. The van der Waals surface area contributed by atoms with Gasteiger partial charge in [-0.3, -0.25) is 4.79 Å². The molecule has 5 heteroatoms. The molecule has 2 aromatic rings. The molecular formula is C15H14ClN3O. The van der Waals surface area contributed by atoms with Crippen molar-refractivity contribution in [1.29, 1.82) is 0 Å². The number of para-hydroxylation sites is 1. The average Bonchev–Trinajstić information content (AvgIpc) is 2.46. The number of hydrogen-bond donors (Lipinski definition) is 0. The number of carbonyl (C=O) groups is 1. The molecule has 1 unspecified atom stereocenters. The van der Waals surface area contributed by atoms with Crippen LogP contribution in [0.4, 0.5) is 5.69 Å². The third kappa shape index (κ3) is 2.39. The van der Waals surface area contributed by atoms with Gasteiger partial charge in [0.15, 0.2) is 0 Å². The second kappa shape index (κ2) is 5.21. The van der Waals surface area contributed by atoms with E-state index in [2.05, 4.69) is 23.0 Å². The van der Waals surface area contributed by atoms with E-state index in [0.29, 0.717) is 18.2 Å². The Morgan fingerprint density at radius 2 is 2.10 bits per heavy atom. The summed E-state index contributed by atoms with van der Waals surface area (Å²) in [5.74, 6) is 0.294. The van der Waals surface area contributed by atoms with Crippen LogP contribution in [0.3, 0.4) is 0 Å². The fourth-order valence-electron chi connectivity index (χ4n) is 2.55. The van der Waals surface area contributed by atoms with Gasteiger partial charge in [0, 0.05) is 12.2 Å². The van der Waals surface area contributed by atoms with Crippen molar-refractivity contribution in [2.24, 2.45) is 5.92 Å². The largest absolute Gasteiger partial charge is 0.306 e. The Bertz CT molecular complexity index is 642. The van der Waals surface area contributed by atoms with Crippen molar-refractivity contribution in [3.63, 3.8) is 0 Å². The molecule has 20 heavy (non-hydrogen) atoms. The molecule has 1 aromatic heterocycles. The molecule has 0 saturated heterocycles. The molecule has 0 fully saturated rings. The van der Waals surface area contributed by atoms with E-state index in [1.54, 1.807) is 4.90 Å². The number of hydrogen-bond acceptors (Lipinski definition) is 3. The van der Waals surface area contributed by atoms with E-state index >= 15 is 0 Å². The summed E-state index contributed by atoms with van der Waals surface area (Å²) in [6.07, 6.45) is 3.81. The quantitative estimate of drug-likeness (QED) is 0.810. The molecule has 0 radical (unpaired) electrons. The van der Waals surface area contributed by atoms with Crippen molar-refractivity contribution < 1.29 is 4.79 Å². The number of nitrogens with zero attached hydrogens (tertiary/aromatic N) is 3. The minimum absolute atomic E-state index is 0.131.